The molecule has 1 aromatic heterocycles. The molecule has 1 aromatic rings. The second-order valence-corrected chi connectivity index (χ2v) is 7.57. The van der Waals surface area contributed by atoms with E-state index in [0.717, 1.165) is 50.4 Å². The highest BCUT2D eigenvalue weighted by atomic mass is 16.4. The Morgan fingerprint density at radius 1 is 1.12 bits per heavy atom. The van der Waals surface area contributed by atoms with Crippen LogP contribution in [0.15, 0.2) is 6.07 Å². The van der Waals surface area contributed by atoms with Gasteiger partial charge < -0.3 is 31.7 Å². The number of unbranched alkanes of at least 4 members (excludes halogenated alkanes) is 1. The van der Waals surface area contributed by atoms with Crippen molar-refractivity contribution in [2.24, 2.45) is 11.7 Å². The zero-order valence-electron chi connectivity index (χ0n) is 19.3. The van der Waals surface area contributed by atoms with Crippen LogP contribution in [0.3, 0.4) is 0 Å². The summed E-state index contributed by atoms with van der Waals surface area (Å²) in [6, 6.07) is 1.62. The average Bonchev–Trinajstić information content (AvgIpc) is 3.01. The van der Waals surface area contributed by atoms with Crippen LogP contribution in [0.1, 0.15) is 58.0 Å². The Balaban J connectivity index is 0.00000104. The summed E-state index contributed by atoms with van der Waals surface area (Å²) >= 11 is 0. The molecule has 32 heavy (non-hydrogen) atoms. The second-order valence-electron chi connectivity index (χ2n) is 7.57. The van der Waals surface area contributed by atoms with Gasteiger partial charge in [-0.2, -0.15) is 0 Å². The van der Waals surface area contributed by atoms with Crippen LogP contribution in [0.5, 0.6) is 0 Å². The summed E-state index contributed by atoms with van der Waals surface area (Å²) < 4.78 is 0. The fourth-order valence-corrected chi connectivity index (χ4v) is 2.95. The maximum atomic E-state index is 12.0. The van der Waals surface area contributed by atoms with Crippen LogP contribution in [0.2, 0.25) is 0 Å². The molecule has 7 N–H and O–H groups in total. The van der Waals surface area contributed by atoms with E-state index in [4.69, 9.17) is 25.5 Å². The molecule has 11 heteroatoms. The number of hydrogen-bond acceptors (Lipinski definition) is 8. The summed E-state index contributed by atoms with van der Waals surface area (Å²) in [5.41, 5.74) is 6.68. The van der Waals surface area contributed by atoms with E-state index in [1.165, 1.54) is 0 Å². The van der Waals surface area contributed by atoms with E-state index >= 15 is 0 Å². The number of aliphatic hydroxyl groups excluding tert-OH is 1. The lowest BCUT2D eigenvalue weighted by atomic mass is 10.1. The number of nitrogens with one attached hydrogen (secondary N) is 2. The lowest BCUT2D eigenvalue weighted by Gasteiger charge is -2.12. The molecule has 0 bridgehead atoms. The Morgan fingerprint density at radius 2 is 1.72 bits per heavy atom. The minimum absolute atomic E-state index is 0.0358. The highest BCUT2D eigenvalue weighted by Crippen LogP contribution is 2.24. The highest BCUT2D eigenvalue weighted by Gasteiger charge is 2.34. The number of rotatable bonds is 8. The molecule has 1 aliphatic rings. The standard InChI is InChI=1S/C17H29N5O2.2C2H4O2/c1-3-4-5-15-21-11(2)8-16(22-15)19-6-7-20-17(24)12-9-13(18)14(23)10-12;2*1-2(3)4/h8,12-14,23H,3-7,9-10,18H2,1-2H3,(H,20,24)(H,19,21,22);2*1H3,(H,3,4)/t12-,13+,14+;;/m0../s1. The molecule has 0 spiro atoms. The Kier molecular flexibility index (Phi) is 14.5. The fourth-order valence-electron chi connectivity index (χ4n) is 2.95. The number of nitrogens with zero attached hydrogens (tertiary/aromatic N) is 2. The van der Waals surface area contributed by atoms with Crippen molar-refractivity contribution < 1.29 is 29.7 Å². The van der Waals surface area contributed by atoms with Crippen LogP contribution in [0, 0.1) is 12.8 Å². The van der Waals surface area contributed by atoms with Gasteiger partial charge in [0.25, 0.3) is 11.9 Å². The smallest absolute Gasteiger partial charge is 0.300 e. The molecule has 1 saturated carbocycles. The molecule has 0 saturated heterocycles. The molecule has 0 unspecified atom stereocenters. The minimum Gasteiger partial charge on any atom is -0.481 e. The van der Waals surface area contributed by atoms with Crippen LogP contribution in [0.25, 0.3) is 0 Å². The van der Waals surface area contributed by atoms with Crippen molar-refractivity contribution in [3.05, 3.63) is 17.6 Å². The molecule has 2 rings (SSSR count). The summed E-state index contributed by atoms with van der Waals surface area (Å²) in [4.78, 5) is 39.0. The average molecular weight is 456 g/mol. The molecule has 0 radical (unpaired) electrons. The number of carboxylic acids is 2. The lowest BCUT2D eigenvalue weighted by molar-refractivity contribution is -0.135. The normalized spacial score (nSPS) is 19.0. The second kappa shape index (κ2) is 15.9. The fraction of sp³-hybridized carbons (Fsp3) is 0.667. The van der Waals surface area contributed by atoms with E-state index in [2.05, 4.69) is 27.5 Å². The van der Waals surface area contributed by atoms with E-state index in [-0.39, 0.29) is 17.9 Å². The lowest BCUT2D eigenvalue weighted by Crippen LogP contribution is -2.33. The van der Waals surface area contributed by atoms with E-state index < -0.39 is 18.0 Å². The SMILES string of the molecule is CC(=O)O.CC(=O)O.CCCCc1nc(C)cc(NCCNC(=O)[C@H]2C[C@@H](N)[C@H](O)C2)n1. The van der Waals surface area contributed by atoms with Crippen molar-refractivity contribution in [2.75, 3.05) is 18.4 Å². The van der Waals surface area contributed by atoms with Gasteiger partial charge >= 0.3 is 0 Å². The molecule has 1 aliphatic carbocycles. The number of aliphatic hydroxyl groups is 1. The maximum absolute atomic E-state index is 12.0. The third-order valence-electron chi connectivity index (χ3n) is 4.33. The third kappa shape index (κ3) is 14.3. The number of nitrogens with two attached hydrogens (primary N) is 1. The monoisotopic (exact) mass is 455 g/mol. The first kappa shape index (κ1) is 29.2. The van der Waals surface area contributed by atoms with E-state index in [9.17, 15) is 9.90 Å². The summed E-state index contributed by atoms with van der Waals surface area (Å²) in [5.74, 6) is -0.235. The van der Waals surface area contributed by atoms with Crippen LogP contribution in [-0.4, -0.2) is 68.4 Å². The first-order valence-corrected chi connectivity index (χ1v) is 10.6. The summed E-state index contributed by atoms with van der Waals surface area (Å²) in [5, 5.41) is 30.6. The molecule has 0 aromatic carbocycles. The van der Waals surface area contributed by atoms with Crippen LogP contribution in [-0.2, 0) is 20.8 Å². The van der Waals surface area contributed by atoms with Gasteiger partial charge in [0.05, 0.1) is 6.10 Å². The van der Waals surface area contributed by atoms with Gasteiger partial charge in [0.15, 0.2) is 0 Å². The van der Waals surface area contributed by atoms with E-state index in [1.807, 2.05) is 13.0 Å². The summed E-state index contributed by atoms with van der Waals surface area (Å²) in [6.07, 6.45) is 3.51. The summed E-state index contributed by atoms with van der Waals surface area (Å²) in [7, 11) is 0. The molecule has 11 nitrogen and oxygen atoms in total. The molecular formula is C21H37N5O6. The number of aromatic nitrogens is 2. The van der Waals surface area contributed by atoms with E-state index in [0.29, 0.717) is 25.9 Å². The number of amides is 1. The number of aliphatic carboxylic acids is 2. The van der Waals surface area contributed by atoms with Gasteiger partial charge in [0.1, 0.15) is 11.6 Å². The van der Waals surface area contributed by atoms with Crippen molar-refractivity contribution in [1.82, 2.24) is 15.3 Å². The van der Waals surface area contributed by atoms with Crippen LogP contribution >= 0.6 is 0 Å². The number of anilines is 1. The predicted molar refractivity (Wildman–Crippen MR) is 120 cm³/mol. The molecule has 1 fully saturated rings. The van der Waals surface area contributed by atoms with Crippen molar-refractivity contribution in [3.8, 4) is 0 Å². The van der Waals surface area contributed by atoms with E-state index in [1.54, 1.807) is 0 Å². The first-order valence-electron chi connectivity index (χ1n) is 10.6. The number of carbonyl (C=O) groups is 3. The first-order chi connectivity index (χ1) is 15.0. The minimum atomic E-state index is -0.833. The molecule has 1 amide bonds. The molecule has 0 aliphatic heterocycles. The van der Waals surface area contributed by atoms with Crippen LogP contribution in [0.4, 0.5) is 5.82 Å². The van der Waals surface area contributed by atoms with Gasteiger partial charge in [0, 0.05) is 57.1 Å². The van der Waals surface area contributed by atoms with Crippen molar-refractivity contribution in [2.45, 2.75) is 71.9 Å². The Bertz CT molecular complexity index is 701. The number of aryl methyl sites for hydroxylation is 2. The number of carboxylic acid groups (broad SMARTS) is 2. The zero-order chi connectivity index (χ0) is 24.7. The number of hydrogen-bond donors (Lipinski definition) is 6. The van der Waals surface area contributed by atoms with Crippen molar-refractivity contribution in [1.29, 1.82) is 0 Å². The van der Waals surface area contributed by atoms with Gasteiger partial charge in [-0.3, -0.25) is 14.4 Å². The largest absolute Gasteiger partial charge is 0.481 e. The molecular weight excluding hydrogens is 418 g/mol. The Hall–Kier alpha value is -2.79. The van der Waals surface area contributed by atoms with Crippen LogP contribution < -0.4 is 16.4 Å². The topological polar surface area (TPSA) is 188 Å². The van der Waals surface area contributed by atoms with Gasteiger partial charge in [0.2, 0.25) is 5.91 Å². The maximum Gasteiger partial charge on any atom is 0.300 e. The molecule has 182 valence electrons. The zero-order valence-corrected chi connectivity index (χ0v) is 19.3. The Morgan fingerprint density at radius 3 is 2.22 bits per heavy atom. The quantitative estimate of drug-likeness (QED) is 0.308. The Labute approximate surface area is 188 Å². The van der Waals surface area contributed by atoms with Crippen molar-refractivity contribution >= 4 is 23.7 Å². The predicted octanol–water partition coefficient (Wildman–Crippen LogP) is 0.936. The third-order valence-corrected chi connectivity index (χ3v) is 4.33. The molecule has 3 atom stereocenters. The van der Waals surface area contributed by atoms with Gasteiger partial charge in [-0.25, -0.2) is 9.97 Å². The highest BCUT2D eigenvalue weighted by molar-refractivity contribution is 5.79. The number of carbonyl (C=O) groups excluding carboxylic acids is 1. The van der Waals surface area contributed by atoms with Crippen molar-refractivity contribution in [3.63, 3.8) is 0 Å². The van der Waals surface area contributed by atoms with Gasteiger partial charge in [-0.15, -0.1) is 0 Å². The molecule has 1 heterocycles. The van der Waals surface area contributed by atoms with Gasteiger partial charge in [-0.1, -0.05) is 13.3 Å². The summed E-state index contributed by atoms with van der Waals surface area (Å²) in [6.45, 7) is 7.37. The van der Waals surface area contributed by atoms with Gasteiger partial charge in [-0.05, 0) is 26.2 Å².